The van der Waals surface area contributed by atoms with E-state index in [0.717, 1.165) is 18.7 Å². The molecular weight excluding hydrogens is 404 g/mol. The van der Waals surface area contributed by atoms with Gasteiger partial charge in [0, 0.05) is 17.5 Å². The number of hydrogen-bond donors (Lipinski definition) is 1. The molecule has 4 nitrogen and oxygen atoms in total. The molecule has 0 spiro atoms. The highest BCUT2D eigenvalue weighted by Crippen LogP contribution is 2.42. The van der Waals surface area contributed by atoms with Crippen LogP contribution in [0.3, 0.4) is 0 Å². The number of carbonyl (C=O) groups excluding carboxylic acids is 1. The van der Waals surface area contributed by atoms with Gasteiger partial charge in [0.2, 0.25) is 5.91 Å². The van der Waals surface area contributed by atoms with Crippen molar-refractivity contribution in [1.29, 1.82) is 0 Å². The Morgan fingerprint density at radius 1 is 1.13 bits per heavy atom. The number of amides is 1. The number of nitrogens with one attached hydrogen (secondary N) is 1. The Balaban J connectivity index is 1.34. The van der Waals surface area contributed by atoms with Gasteiger partial charge in [0.25, 0.3) is 0 Å². The fourth-order valence-electron chi connectivity index (χ4n) is 4.68. The van der Waals surface area contributed by atoms with Crippen molar-refractivity contribution in [3.05, 3.63) is 87.6 Å². The van der Waals surface area contributed by atoms with E-state index in [2.05, 4.69) is 58.1 Å². The Morgan fingerprint density at radius 2 is 1.90 bits per heavy atom. The summed E-state index contributed by atoms with van der Waals surface area (Å²) in [6, 6.07) is 21.1. The Bertz CT molecular complexity index is 1030. The lowest BCUT2D eigenvalue weighted by molar-refractivity contribution is -0.132. The molecule has 2 heterocycles. The van der Waals surface area contributed by atoms with E-state index in [9.17, 15) is 4.79 Å². The molecular formula is C26H28N2O2S. The number of nitrogens with zero attached hydrogens (tertiary/aromatic N) is 1. The van der Waals surface area contributed by atoms with Crippen LogP contribution in [-0.2, 0) is 11.2 Å². The quantitative estimate of drug-likeness (QED) is 0.573. The maximum absolute atomic E-state index is 13.4. The lowest BCUT2D eigenvalue weighted by atomic mass is 9.93. The highest BCUT2D eigenvalue weighted by Gasteiger charge is 2.35. The zero-order chi connectivity index (χ0) is 21.2. The number of carbonyl (C=O) groups is 1. The normalized spacial score (nSPS) is 19.0. The molecule has 2 atom stereocenters. The van der Waals surface area contributed by atoms with Crippen molar-refractivity contribution in [2.75, 3.05) is 20.2 Å². The average Bonchev–Trinajstić information content (AvgIpc) is 3.54. The minimum absolute atomic E-state index is 0.00543. The van der Waals surface area contributed by atoms with Crippen molar-refractivity contribution in [3.8, 4) is 5.75 Å². The van der Waals surface area contributed by atoms with Gasteiger partial charge in [0.1, 0.15) is 5.75 Å². The molecule has 3 aromatic rings. The van der Waals surface area contributed by atoms with Crippen LogP contribution < -0.4 is 10.1 Å². The summed E-state index contributed by atoms with van der Waals surface area (Å²) in [5.41, 5.74) is 3.70. The Kier molecular flexibility index (Phi) is 5.79. The second-order valence-corrected chi connectivity index (χ2v) is 9.42. The second-order valence-electron chi connectivity index (χ2n) is 8.42. The van der Waals surface area contributed by atoms with Crippen molar-refractivity contribution < 1.29 is 9.53 Å². The minimum Gasteiger partial charge on any atom is -0.497 e. The van der Waals surface area contributed by atoms with Crippen LogP contribution in [0, 0.1) is 5.92 Å². The first-order valence-corrected chi connectivity index (χ1v) is 11.9. The number of hydrogen-bond acceptors (Lipinski definition) is 4. The van der Waals surface area contributed by atoms with Gasteiger partial charge in [-0.25, -0.2) is 0 Å². The monoisotopic (exact) mass is 432 g/mol. The number of rotatable bonds is 7. The van der Waals surface area contributed by atoms with Gasteiger partial charge < -0.3 is 15.0 Å². The van der Waals surface area contributed by atoms with Crippen molar-refractivity contribution in [2.24, 2.45) is 5.92 Å². The number of benzene rings is 2. The first-order chi connectivity index (χ1) is 15.2. The number of fused-ring (bicyclic) bond motifs is 1. The Hall–Kier alpha value is -2.63. The van der Waals surface area contributed by atoms with Crippen LogP contribution in [-0.4, -0.2) is 31.0 Å². The topological polar surface area (TPSA) is 41.6 Å². The highest BCUT2D eigenvalue weighted by molar-refractivity contribution is 7.10. The molecule has 1 aliphatic carbocycles. The summed E-state index contributed by atoms with van der Waals surface area (Å²) < 4.78 is 5.30. The van der Waals surface area contributed by atoms with E-state index in [0.29, 0.717) is 12.5 Å². The van der Waals surface area contributed by atoms with Crippen LogP contribution in [0.4, 0.5) is 0 Å². The van der Waals surface area contributed by atoms with E-state index in [-0.39, 0.29) is 18.0 Å². The minimum atomic E-state index is 0.00543. The molecule has 160 valence electrons. The van der Waals surface area contributed by atoms with Crippen molar-refractivity contribution >= 4 is 17.2 Å². The lowest BCUT2D eigenvalue weighted by Gasteiger charge is -2.37. The maximum Gasteiger partial charge on any atom is 0.237 e. The summed E-state index contributed by atoms with van der Waals surface area (Å²) in [5, 5.41) is 5.75. The molecule has 1 fully saturated rings. The van der Waals surface area contributed by atoms with Crippen LogP contribution in [0.15, 0.2) is 66.0 Å². The molecule has 1 N–H and O–H groups in total. The standard InChI is InChI=1S/C26H28N2O2S/c1-30-21-11-9-19(10-12-21)25(18-7-8-18)27-17-24(29)28-15-13-23-22(14-16-31-23)26(28)20-5-3-2-4-6-20/h2-6,9-12,14,16,18,25-27H,7-8,13,15,17H2,1H3. The summed E-state index contributed by atoms with van der Waals surface area (Å²) in [5.74, 6) is 1.64. The molecule has 1 saturated carbocycles. The maximum atomic E-state index is 13.4. The molecule has 1 aromatic heterocycles. The zero-order valence-corrected chi connectivity index (χ0v) is 18.6. The summed E-state index contributed by atoms with van der Waals surface area (Å²) in [6.07, 6.45) is 3.37. The van der Waals surface area contributed by atoms with Gasteiger partial charge in [-0.05, 0) is 65.4 Å². The smallest absolute Gasteiger partial charge is 0.237 e. The van der Waals surface area contributed by atoms with Crippen molar-refractivity contribution in [3.63, 3.8) is 0 Å². The highest BCUT2D eigenvalue weighted by atomic mass is 32.1. The molecule has 5 rings (SSSR count). The van der Waals surface area contributed by atoms with E-state index < -0.39 is 0 Å². The average molecular weight is 433 g/mol. The molecule has 2 aliphatic rings. The molecule has 2 unspecified atom stereocenters. The van der Waals surface area contributed by atoms with Crippen molar-refractivity contribution in [2.45, 2.75) is 31.3 Å². The molecule has 2 aromatic carbocycles. The molecule has 5 heteroatoms. The van der Waals surface area contributed by atoms with Gasteiger partial charge in [-0.1, -0.05) is 42.5 Å². The number of methoxy groups -OCH3 is 1. The summed E-state index contributed by atoms with van der Waals surface area (Å²) in [4.78, 5) is 16.9. The van der Waals surface area contributed by atoms with E-state index in [4.69, 9.17) is 4.74 Å². The summed E-state index contributed by atoms with van der Waals surface area (Å²) in [7, 11) is 1.69. The molecule has 0 bridgehead atoms. The fraction of sp³-hybridized carbons (Fsp3) is 0.346. The van der Waals surface area contributed by atoms with Crippen LogP contribution >= 0.6 is 11.3 Å². The third kappa shape index (κ3) is 4.25. The van der Waals surface area contributed by atoms with Crippen molar-refractivity contribution in [1.82, 2.24) is 10.2 Å². The van der Waals surface area contributed by atoms with Gasteiger partial charge in [-0.2, -0.15) is 0 Å². The molecule has 1 aliphatic heterocycles. The third-order valence-corrected chi connectivity index (χ3v) is 7.44. The SMILES string of the molecule is COc1ccc(C(NCC(=O)N2CCc3sccc3C2c2ccccc2)C2CC2)cc1. The Morgan fingerprint density at radius 3 is 2.61 bits per heavy atom. The van der Waals surface area contributed by atoms with Crippen LogP contribution in [0.2, 0.25) is 0 Å². The number of ether oxygens (including phenoxy) is 1. The first-order valence-electron chi connectivity index (χ1n) is 11.0. The van der Waals surface area contributed by atoms with E-state index >= 15 is 0 Å². The third-order valence-electron chi connectivity index (χ3n) is 6.44. The van der Waals surface area contributed by atoms with Gasteiger partial charge >= 0.3 is 0 Å². The fourth-order valence-corrected chi connectivity index (χ4v) is 5.58. The number of thiophene rings is 1. The van der Waals surface area contributed by atoms with E-state index in [1.807, 2.05) is 18.2 Å². The lowest BCUT2D eigenvalue weighted by Crippen LogP contribution is -2.45. The first kappa shape index (κ1) is 20.3. The predicted octanol–water partition coefficient (Wildman–Crippen LogP) is 4.97. The summed E-state index contributed by atoms with van der Waals surface area (Å²) in [6.45, 7) is 1.13. The van der Waals surface area contributed by atoms with Gasteiger partial charge in [-0.3, -0.25) is 4.79 Å². The molecule has 0 radical (unpaired) electrons. The van der Waals surface area contributed by atoms with E-state index in [1.54, 1.807) is 18.4 Å². The van der Waals surface area contributed by atoms with Gasteiger partial charge in [0.05, 0.1) is 19.7 Å². The predicted molar refractivity (Wildman–Crippen MR) is 124 cm³/mol. The Labute approximate surface area is 187 Å². The van der Waals surface area contributed by atoms with E-state index in [1.165, 1.54) is 34.4 Å². The second kappa shape index (κ2) is 8.85. The van der Waals surface area contributed by atoms with Crippen LogP contribution in [0.25, 0.3) is 0 Å². The molecule has 1 amide bonds. The summed E-state index contributed by atoms with van der Waals surface area (Å²) >= 11 is 1.80. The largest absolute Gasteiger partial charge is 0.497 e. The van der Waals surface area contributed by atoms with Crippen LogP contribution in [0.5, 0.6) is 5.75 Å². The van der Waals surface area contributed by atoms with Crippen LogP contribution in [0.1, 0.15) is 46.5 Å². The van der Waals surface area contributed by atoms with Gasteiger partial charge in [0.15, 0.2) is 0 Å². The molecule has 31 heavy (non-hydrogen) atoms. The van der Waals surface area contributed by atoms with Gasteiger partial charge in [-0.15, -0.1) is 11.3 Å². The molecule has 0 saturated heterocycles. The zero-order valence-electron chi connectivity index (χ0n) is 17.8.